The number of carboxylic acid groups (broad SMARTS) is 1. The van der Waals surface area contributed by atoms with Crippen molar-refractivity contribution in [2.45, 2.75) is 39.2 Å². The van der Waals surface area contributed by atoms with Gasteiger partial charge in [0.15, 0.2) is 0 Å². The molecule has 2 N–H and O–H groups in total. The molecule has 0 aliphatic rings. The number of carboxylic acids is 1. The summed E-state index contributed by atoms with van der Waals surface area (Å²) in [7, 11) is 0. The van der Waals surface area contributed by atoms with E-state index >= 15 is 0 Å². The highest BCUT2D eigenvalue weighted by Gasteiger charge is 2.18. The topological polar surface area (TPSA) is 75.6 Å². The lowest BCUT2D eigenvalue weighted by atomic mass is 10.1. The molecule has 0 saturated heterocycles. The van der Waals surface area contributed by atoms with Crippen LogP contribution in [0.3, 0.4) is 0 Å². The summed E-state index contributed by atoms with van der Waals surface area (Å²) < 4.78 is 5.53. The molecule has 0 aliphatic carbocycles. The Morgan fingerprint density at radius 1 is 1.12 bits per heavy atom. The van der Waals surface area contributed by atoms with Crippen LogP contribution in [0.4, 0.5) is 10.5 Å². The van der Waals surface area contributed by atoms with E-state index in [0.717, 1.165) is 24.0 Å². The molecule has 5 heteroatoms. The van der Waals surface area contributed by atoms with Crippen LogP contribution in [-0.2, 0) is 11.2 Å². The molecule has 1 unspecified atom stereocenters. The third kappa shape index (κ3) is 5.08. The molecule has 2 aromatic carbocycles. The quantitative estimate of drug-likeness (QED) is 0.740. The standard InChI is InChI=1S/C20H23NO4/c1-3-8-18(15-9-6-5-7-10-15)25-20(24)21-17-12-11-14(4-2)13-16(17)19(22)23/h5-7,9-13,18H,3-4,8H2,1-2H3,(H,21,24)(H,22,23). The molecule has 1 atom stereocenters. The second-order valence-electron chi connectivity index (χ2n) is 5.76. The number of aryl methyl sites for hydroxylation is 1. The van der Waals surface area contributed by atoms with Gasteiger partial charge in [-0.2, -0.15) is 0 Å². The molecule has 1 amide bonds. The Labute approximate surface area is 147 Å². The van der Waals surface area contributed by atoms with Crippen LogP contribution in [0.1, 0.15) is 54.3 Å². The number of benzene rings is 2. The average molecular weight is 341 g/mol. The molecular formula is C20H23NO4. The number of hydrogen-bond acceptors (Lipinski definition) is 3. The molecule has 5 nitrogen and oxygen atoms in total. The largest absolute Gasteiger partial charge is 0.478 e. The first-order chi connectivity index (χ1) is 12.0. The van der Waals surface area contributed by atoms with Crippen molar-refractivity contribution in [1.29, 1.82) is 0 Å². The summed E-state index contributed by atoms with van der Waals surface area (Å²) in [5.74, 6) is -1.08. The van der Waals surface area contributed by atoms with Gasteiger partial charge >= 0.3 is 12.1 Å². The Morgan fingerprint density at radius 2 is 1.84 bits per heavy atom. The van der Waals surface area contributed by atoms with Crippen molar-refractivity contribution in [1.82, 2.24) is 0 Å². The van der Waals surface area contributed by atoms with Crippen molar-refractivity contribution < 1.29 is 19.4 Å². The SMILES string of the molecule is CCCC(OC(=O)Nc1ccc(CC)cc1C(=O)O)c1ccccc1. The molecule has 132 valence electrons. The van der Waals surface area contributed by atoms with E-state index in [1.807, 2.05) is 44.2 Å². The van der Waals surface area contributed by atoms with Gasteiger partial charge in [-0.25, -0.2) is 9.59 Å². The van der Waals surface area contributed by atoms with Gasteiger partial charge in [0.2, 0.25) is 0 Å². The number of hydrogen-bond donors (Lipinski definition) is 2. The molecule has 0 fully saturated rings. The molecule has 0 radical (unpaired) electrons. The maximum absolute atomic E-state index is 12.3. The van der Waals surface area contributed by atoms with E-state index in [9.17, 15) is 14.7 Å². The number of amides is 1. The van der Waals surface area contributed by atoms with Gasteiger partial charge in [-0.3, -0.25) is 5.32 Å². The number of carbonyl (C=O) groups is 2. The van der Waals surface area contributed by atoms with Gasteiger partial charge in [0.05, 0.1) is 11.3 Å². The molecule has 2 aromatic rings. The minimum atomic E-state index is -1.08. The van der Waals surface area contributed by atoms with Gasteiger partial charge < -0.3 is 9.84 Å². The first-order valence-electron chi connectivity index (χ1n) is 8.44. The Balaban J connectivity index is 2.14. The zero-order valence-corrected chi connectivity index (χ0v) is 14.5. The van der Waals surface area contributed by atoms with Crippen LogP contribution in [-0.4, -0.2) is 17.2 Å². The van der Waals surface area contributed by atoms with Gasteiger partial charge in [-0.05, 0) is 36.1 Å². The molecule has 25 heavy (non-hydrogen) atoms. The maximum atomic E-state index is 12.3. The van der Waals surface area contributed by atoms with Crippen molar-refractivity contribution in [2.75, 3.05) is 5.32 Å². The first-order valence-corrected chi connectivity index (χ1v) is 8.44. The molecule has 0 bridgehead atoms. The van der Waals surface area contributed by atoms with E-state index in [0.29, 0.717) is 6.42 Å². The van der Waals surface area contributed by atoms with E-state index in [-0.39, 0.29) is 17.4 Å². The van der Waals surface area contributed by atoms with Crippen LogP contribution in [0.25, 0.3) is 0 Å². The monoisotopic (exact) mass is 341 g/mol. The van der Waals surface area contributed by atoms with E-state index in [1.54, 1.807) is 18.2 Å². The summed E-state index contributed by atoms with van der Waals surface area (Å²) in [5.41, 5.74) is 2.10. The third-order valence-electron chi connectivity index (χ3n) is 3.93. The zero-order chi connectivity index (χ0) is 18.2. The Hall–Kier alpha value is -2.82. The summed E-state index contributed by atoms with van der Waals surface area (Å²) in [4.78, 5) is 23.7. The fourth-order valence-corrected chi connectivity index (χ4v) is 2.59. The van der Waals surface area contributed by atoms with Crippen molar-refractivity contribution in [3.63, 3.8) is 0 Å². The number of carbonyl (C=O) groups excluding carboxylic acids is 1. The normalized spacial score (nSPS) is 11.6. The van der Waals surface area contributed by atoms with Crippen LogP contribution in [0.5, 0.6) is 0 Å². The van der Waals surface area contributed by atoms with Gasteiger partial charge in [-0.15, -0.1) is 0 Å². The molecule has 0 heterocycles. The van der Waals surface area contributed by atoms with Crippen molar-refractivity contribution in [3.8, 4) is 0 Å². The average Bonchev–Trinajstić information content (AvgIpc) is 2.62. The Bertz CT molecular complexity index is 728. The fraction of sp³-hybridized carbons (Fsp3) is 0.300. The van der Waals surface area contributed by atoms with Crippen LogP contribution >= 0.6 is 0 Å². The number of rotatable bonds is 7. The van der Waals surface area contributed by atoms with Crippen molar-refractivity contribution in [2.24, 2.45) is 0 Å². The smallest absolute Gasteiger partial charge is 0.412 e. The molecule has 0 saturated carbocycles. The van der Waals surface area contributed by atoms with E-state index < -0.39 is 12.1 Å². The maximum Gasteiger partial charge on any atom is 0.412 e. The molecule has 0 aliphatic heterocycles. The minimum Gasteiger partial charge on any atom is -0.478 e. The van der Waals surface area contributed by atoms with Crippen LogP contribution in [0, 0.1) is 0 Å². The zero-order valence-electron chi connectivity index (χ0n) is 14.5. The summed E-state index contributed by atoms with van der Waals surface area (Å²) in [6, 6.07) is 14.5. The summed E-state index contributed by atoms with van der Waals surface area (Å²) in [6.07, 6.45) is 1.25. The second kappa shape index (κ2) is 8.87. The highest BCUT2D eigenvalue weighted by molar-refractivity contribution is 5.98. The summed E-state index contributed by atoms with van der Waals surface area (Å²) in [5, 5.41) is 11.9. The highest BCUT2D eigenvalue weighted by Crippen LogP contribution is 2.24. The van der Waals surface area contributed by atoms with Crippen LogP contribution < -0.4 is 5.32 Å². The second-order valence-corrected chi connectivity index (χ2v) is 5.76. The third-order valence-corrected chi connectivity index (χ3v) is 3.93. The predicted octanol–water partition coefficient (Wildman–Crippen LogP) is 5.04. The minimum absolute atomic E-state index is 0.0584. The Morgan fingerprint density at radius 3 is 2.44 bits per heavy atom. The van der Waals surface area contributed by atoms with Crippen molar-refractivity contribution >= 4 is 17.7 Å². The number of aromatic carboxylic acids is 1. The van der Waals surface area contributed by atoms with E-state index in [1.165, 1.54) is 0 Å². The summed E-state index contributed by atoms with van der Waals surface area (Å²) in [6.45, 7) is 3.96. The number of ether oxygens (including phenoxy) is 1. The lowest BCUT2D eigenvalue weighted by Gasteiger charge is -2.18. The molecule has 0 spiro atoms. The predicted molar refractivity (Wildman–Crippen MR) is 97.0 cm³/mol. The summed E-state index contributed by atoms with van der Waals surface area (Å²) >= 11 is 0. The van der Waals surface area contributed by atoms with Crippen LogP contribution in [0.2, 0.25) is 0 Å². The Kier molecular flexibility index (Phi) is 6.57. The van der Waals surface area contributed by atoms with E-state index in [2.05, 4.69) is 5.32 Å². The lowest BCUT2D eigenvalue weighted by molar-refractivity contribution is 0.0698. The fourth-order valence-electron chi connectivity index (χ4n) is 2.59. The van der Waals surface area contributed by atoms with Gasteiger partial charge in [0, 0.05) is 0 Å². The molecular weight excluding hydrogens is 318 g/mol. The van der Waals surface area contributed by atoms with Crippen LogP contribution in [0.15, 0.2) is 48.5 Å². The van der Waals surface area contributed by atoms with Crippen molar-refractivity contribution in [3.05, 3.63) is 65.2 Å². The highest BCUT2D eigenvalue weighted by atomic mass is 16.6. The van der Waals surface area contributed by atoms with Gasteiger partial charge in [0.1, 0.15) is 6.10 Å². The molecule has 2 rings (SSSR count). The first kappa shape index (κ1) is 18.5. The number of nitrogens with one attached hydrogen (secondary N) is 1. The van der Waals surface area contributed by atoms with Gasteiger partial charge in [0.25, 0.3) is 0 Å². The lowest BCUT2D eigenvalue weighted by Crippen LogP contribution is -2.19. The number of anilines is 1. The van der Waals surface area contributed by atoms with E-state index in [4.69, 9.17) is 4.74 Å². The molecule has 0 aromatic heterocycles. The van der Waals surface area contributed by atoms with Gasteiger partial charge in [-0.1, -0.05) is 56.7 Å².